The predicted molar refractivity (Wildman–Crippen MR) is 142 cm³/mol. The minimum atomic E-state index is -4.76. The van der Waals surface area contributed by atoms with Crippen molar-refractivity contribution in [2.45, 2.75) is 18.8 Å². The van der Waals surface area contributed by atoms with Crippen LogP contribution in [0.2, 0.25) is 0 Å². The van der Waals surface area contributed by atoms with Gasteiger partial charge in [0.15, 0.2) is 11.6 Å². The molecule has 0 bridgehead atoms. The van der Waals surface area contributed by atoms with E-state index in [9.17, 15) is 18.0 Å². The van der Waals surface area contributed by atoms with Crippen LogP contribution in [0.15, 0.2) is 48.5 Å². The predicted octanol–water partition coefficient (Wildman–Crippen LogP) is 3.58. The standard InChI is InChI=1S/C27H25F3N8O3/c1-40-16-7-8-19-20(12-16)38(26(33-19)27(28,29)30)14-22(39)37-10-9-31-13-21(37)24-34-23(35-36-24)17-11-15-5-3-4-6-18(15)32-25(17)41-2/h3-8,11-12,21,31H,9-10,13-14H2,1-2H3,(H,34,35,36)/t21-/m0/s1. The molecule has 0 radical (unpaired) electrons. The van der Waals surface area contributed by atoms with Gasteiger partial charge in [0, 0.05) is 31.1 Å². The Hall–Kier alpha value is -4.72. The molecule has 14 heteroatoms. The minimum Gasteiger partial charge on any atom is -0.497 e. The fourth-order valence-corrected chi connectivity index (χ4v) is 5.05. The monoisotopic (exact) mass is 566 g/mol. The Balaban J connectivity index is 1.33. The number of ether oxygens (including phenoxy) is 2. The number of nitrogens with one attached hydrogen (secondary N) is 2. The number of methoxy groups -OCH3 is 2. The molecule has 0 unspecified atom stereocenters. The second kappa shape index (κ2) is 10.4. The van der Waals surface area contributed by atoms with Crippen LogP contribution in [-0.4, -0.2) is 74.4 Å². The molecule has 41 heavy (non-hydrogen) atoms. The maximum Gasteiger partial charge on any atom is 0.449 e. The summed E-state index contributed by atoms with van der Waals surface area (Å²) in [6.45, 7) is 0.491. The van der Waals surface area contributed by atoms with E-state index in [1.54, 1.807) is 0 Å². The van der Waals surface area contributed by atoms with E-state index in [1.165, 1.54) is 37.3 Å². The molecule has 0 spiro atoms. The van der Waals surface area contributed by atoms with E-state index in [2.05, 4.69) is 30.5 Å². The smallest absolute Gasteiger partial charge is 0.449 e. The van der Waals surface area contributed by atoms with Gasteiger partial charge in [0.05, 0.1) is 36.3 Å². The Bertz CT molecular complexity index is 1750. The third kappa shape index (κ3) is 4.90. The normalized spacial score (nSPS) is 15.9. The van der Waals surface area contributed by atoms with Gasteiger partial charge >= 0.3 is 6.18 Å². The molecular formula is C27H25F3N8O3. The van der Waals surface area contributed by atoms with E-state index in [1.807, 2.05) is 30.3 Å². The van der Waals surface area contributed by atoms with Crippen molar-refractivity contribution in [3.63, 3.8) is 0 Å². The minimum absolute atomic E-state index is 0.112. The number of aromatic nitrogens is 6. The molecule has 1 amide bonds. The molecule has 2 aromatic carbocycles. The third-order valence-electron chi connectivity index (χ3n) is 7.02. The van der Waals surface area contributed by atoms with E-state index in [0.29, 0.717) is 41.9 Å². The number of piperazine rings is 1. The van der Waals surface area contributed by atoms with E-state index in [0.717, 1.165) is 15.5 Å². The fraction of sp³-hybridized carbons (Fsp3) is 0.296. The highest BCUT2D eigenvalue weighted by Crippen LogP contribution is 2.34. The molecule has 1 fully saturated rings. The maximum absolute atomic E-state index is 13.9. The SMILES string of the molecule is COc1ccc2nc(C(F)(F)F)n(CC(=O)N3CCNC[C@H]3c3nnc(-c4cc5ccccc5nc4OC)[nH]3)c2c1. The molecule has 0 saturated carbocycles. The number of hydrogen-bond acceptors (Lipinski definition) is 8. The lowest BCUT2D eigenvalue weighted by Gasteiger charge is -2.35. The van der Waals surface area contributed by atoms with Crippen molar-refractivity contribution in [2.75, 3.05) is 33.9 Å². The Labute approximate surface area is 231 Å². The lowest BCUT2D eigenvalue weighted by Crippen LogP contribution is -2.50. The second-order valence-electron chi connectivity index (χ2n) is 9.48. The van der Waals surface area contributed by atoms with Gasteiger partial charge in [-0.05, 0) is 24.3 Å². The van der Waals surface area contributed by atoms with Crippen LogP contribution in [0.5, 0.6) is 11.6 Å². The van der Waals surface area contributed by atoms with Gasteiger partial charge in [0.1, 0.15) is 18.3 Å². The summed E-state index contributed by atoms with van der Waals surface area (Å²) < 4.78 is 53.4. The Morgan fingerprint density at radius 2 is 1.88 bits per heavy atom. The van der Waals surface area contributed by atoms with Gasteiger partial charge in [0.25, 0.3) is 0 Å². The zero-order valence-electron chi connectivity index (χ0n) is 22.1. The molecule has 5 aromatic rings. The number of pyridine rings is 1. The average molecular weight is 567 g/mol. The molecule has 3 aromatic heterocycles. The van der Waals surface area contributed by atoms with Gasteiger partial charge in [-0.2, -0.15) is 13.2 Å². The quantitative estimate of drug-likeness (QED) is 0.320. The number of benzene rings is 2. The molecule has 1 saturated heterocycles. The summed E-state index contributed by atoms with van der Waals surface area (Å²) in [6, 6.07) is 13.2. The number of hydrogen-bond donors (Lipinski definition) is 2. The number of H-pyrrole nitrogens is 1. The fourth-order valence-electron chi connectivity index (χ4n) is 5.05. The Kier molecular flexibility index (Phi) is 6.69. The molecule has 6 rings (SSSR count). The zero-order valence-corrected chi connectivity index (χ0v) is 22.1. The van der Waals surface area contributed by atoms with Crippen LogP contribution < -0.4 is 14.8 Å². The van der Waals surface area contributed by atoms with Crippen molar-refractivity contribution < 1.29 is 27.4 Å². The number of fused-ring (bicyclic) bond motifs is 2. The number of halogens is 3. The van der Waals surface area contributed by atoms with E-state index in [4.69, 9.17) is 9.47 Å². The van der Waals surface area contributed by atoms with Gasteiger partial charge in [-0.1, -0.05) is 18.2 Å². The number of nitrogens with zero attached hydrogens (tertiary/aromatic N) is 6. The molecule has 212 valence electrons. The number of para-hydroxylation sites is 1. The molecule has 11 nitrogen and oxygen atoms in total. The topological polar surface area (TPSA) is 123 Å². The molecule has 0 aliphatic carbocycles. The summed E-state index contributed by atoms with van der Waals surface area (Å²) in [5, 5.41) is 12.7. The van der Waals surface area contributed by atoms with E-state index in [-0.39, 0.29) is 17.6 Å². The second-order valence-corrected chi connectivity index (χ2v) is 9.48. The molecule has 2 N–H and O–H groups in total. The summed E-state index contributed by atoms with van der Waals surface area (Å²) in [5.74, 6) is -0.203. The largest absolute Gasteiger partial charge is 0.497 e. The number of amides is 1. The van der Waals surface area contributed by atoms with Gasteiger partial charge in [0.2, 0.25) is 17.6 Å². The van der Waals surface area contributed by atoms with Crippen molar-refractivity contribution in [3.05, 3.63) is 60.2 Å². The number of carbonyl (C=O) groups is 1. The first-order valence-corrected chi connectivity index (χ1v) is 12.7. The summed E-state index contributed by atoms with van der Waals surface area (Å²) in [7, 11) is 2.92. The van der Waals surface area contributed by atoms with Crippen LogP contribution in [0.25, 0.3) is 33.3 Å². The zero-order chi connectivity index (χ0) is 28.7. The highest BCUT2D eigenvalue weighted by Gasteiger charge is 2.39. The van der Waals surface area contributed by atoms with Gasteiger partial charge in [-0.15, -0.1) is 10.2 Å². The summed E-state index contributed by atoms with van der Waals surface area (Å²) >= 11 is 0. The number of aromatic amines is 1. The first-order chi connectivity index (χ1) is 19.8. The summed E-state index contributed by atoms with van der Waals surface area (Å²) in [4.78, 5) is 26.6. The first kappa shape index (κ1) is 26.5. The first-order valence-electron chi connectivity index (χ1n) is 12.7. The van der Waals surface area contributed by atoms with Crippen molar-refractivity contribution in [2.24, 2.45) is 0 Å². The van der Waals surface area contributed by atoms with Gasteiger partial charge in [-0.3, -0.25) is 4.79 Å². The van der Waals surface area contributed by atoms with Crippen molar-refractivity contribution in [1.29, 1.82) is 0 Å². The average Bonchev–Trinajstić information content (AvgIpc) is 3.61. The lowest BCUT2D eigenvalue weighted by molar-refractivity contribution is -0.148. The highest BCUT2D eigenvalue weighted by atomic mass is 19.4. The van der Waals surface area contributed by atoms with E-state index >= 15 is 0 Å². The molecular weight excluding hydrogens is 541 g/mol. The van der Waals surface area contributed by atoms with Crippen LogP contribution in [0.1, 0.15) is 17.7 Å². The number of rotatable bonds is 6. The van der Waals surface area contributed by atoms with Crippen LogP contribution >= 0.6 is 0 Å². The van der Waals surface area contributed by atoms with Crippen LogP contribution in [0.3, 0.4) is 0 Å². The molecule has 1 atom stereocenters. The lowest BCUT2D eigenvalue weighted by atomic mass is 10.1. The van der Waals surface area contributed by atoms with E-state index < -0.39 is 30.5 Å². The van der Waals surface area contributed by atoms with Crippen LogP contribution in [0, 0.1) is 0 Å². The van der Waals surface area contributed by atoms with Gasteiger partial charge < -0.3 is 29.2 Å². The number of imidazole rings is 1. The molecule has 4 heterocycles. The Morgan fingerprint density at radius 1 is 1.05 bits per heavy atom. The van der Waals surface area contributed by atoms with Crippen molar-refractivity contribution in [1.82, 2.24) is 39.9 Å². The third-order valence-corrected chi connectivity index (χ3v) is 7.02. The van der Waals surface area contributed by atoms with Crippen molar-refractivity contribution >= 4 is 27.8 Å². The summed E-state index contributed by atoms with van der Waals surface area (Å²) in [6.07, 6.45) is -4.76. The Morgan fingerprint density at radius 3 is 2.66 bits per heavy atom. The number of alkyl halides is 3. The highest BCUT2D eigenvalue weighted by molar-refractivity contribution is 5.85. The van der Waals surface area contributed by atoms with Crippen LogP contribution in [-0.2, 0) is 17.5 Å². The molecule has 1 aliphatic rings. The number of carbonyl (C=O) groups excluding carboxylic acids is 1. The van der Waals surface area contributed by atoms with Crippen molar-refractivity contribution in [3.8, 4) is 23.0 Å². The van der Waals surface area contributed by atoms with Gasteiger partial charge in [-0.25, -0.2) is 9.97 Å². The summed E-state index contributed by atoms with van der Waals surface area (Å²) in [5.41, 5.74) is 1.60. The maximum atomic E-state index is 13.9. The van der Waals surface area contributed by atoms with Crippen LogP contribution in [0.4, 0.5) is 13.2 Å². The molecule has 1 aliphatic heterocycles.